The molecule has 0 fully saturated rings. The van der Waals surface area contributed by atoms with Crippen LogP contribution in [0.15, 0.2) is 24.3 Å². The van der Waals surface area contributed by atoms with Crippen molar-refractivity contribution in [2.24, 2.45) is 5.73 Å². The van der Waals surface area contributed by atoms with Crippen molar-refractivity contribution < 1.29 is 14.6 Å². The average Bonchev–Trinajstić information content (AvgIpc) is 2.38. The zero-order chi connectivity index (χ0) is 13.0. The van der Waals surface area contributed by atoms with E-state index in [1.807, 2.05) is 18.2 Å². The third kappa shape index (κ3) is 3.17. The van der Waals surface area contributed by atoms with Crippen LogP contribution < -0.4 is 10.5 Å². The van der Waals surface area contributed by atoms with Crippen LogP contribution in [0, 0.1) is 0 Å². The highest BCUT2D eigenvalue weighted by Crippen LogP contribution is 2.35. The molecule has 0 bridgehead atoms. The SMILES string of the molecule is NC(CSCC1CCOc2ccccc21)C(=O)O. The normalized spacial score (nSPS) is 19.7. The van der Waals surface area contributed by atoms with Crippen LogP contribution in [0.4, 0.5) is 0 Å². The van der Waals surface area contributed by atoms with Crippen molar-refractivity contribution in [1.29, 1.82) is 0 Å². The first kappa shape index (κ1) is 13.2. The van der Waals surface area contributed by atoms with Gasteiger partial charge in [-0.1, -0.05) is 18.2 Å². The van der Waals surface area contributed by atoms with Gasteiger partial charge in [-0.3, -0.25) is 4.79 Å². The van der Waals surface area contributed by atoms with Gasteiger partial charge in [0.25, 0.3) is 0 Å². The minimum atomic E-state index is -0.935. The zero-order valence-electron chi connectivity index (χ0n) is 10.0. The molecule has 2 rings (SSSR count). The molecule has 1 aliphatic rings. The Bertz CT molecular complexity index is 424. The number of para-hydroxylation sites is 1. The van der Waals surface area contributed by atoms with Crippen molar-refractivity contribution in [1.82, 2.24) is 0 Å². The molecule has 98 valence electrons. The Morgan fingerprint density at radius 1 is 1.56 bits per heavy atom. The van der Waals surface area contributed by atoms with E-state index in [1.54, 1.807) is 11.8 Å². The van der Waals surface area contributed by atoms with Crippen molar-refractivity contribution in [2.75, 3.05) is 18.1 Å². The van der Waals surface area contributed by atoms with E-state index in [0.29, 0.717) is 11.7 Å². The van der Waals surface area contributed by atoms with Crippen LogP contribution in [-0.2, 0) is 4.79 Å². The van der Waals surface area contributed by atoms with E-state index in [-0.39, 0.29) is 0 Å². The van der Waals surface area contributed by atoms with Gasteiger partial charge in [0.2, 0.25) is 0 Å². The van der Waals surface area contributed by atoms with Crippen LogP contribution in [0.1, 0.15) is 17.9 Å². The van der Waals surface area contributed by atoms with Gasteiger partial charge in [-0.05, 0) is 24.0 Å². The van der Waals surface area contributed by atoms with Gasteiger partial charge in [-0.2, -0.15) is 11.8 Å². The molecule has 5 heteroatoms. The number of carboxylic acid groups (broad SMARTS) is 1. The molecule has 4 nitrogen and oxygen atoms in total. The first-order valence-electron chi connectivity index (χ1n) is 5.96. The molecule has 0 radical (unpaired) electrons. The molecule has 2 unspecified atom stereocenters. The lowest BCUT2D eigenvalue weighted by Gasteiger charge is -2.25. The summed E-state index contributed by atoms with van der Waals surface area (Å²) < 4.78 is 5.59. The first-order chi connectivity index (χ1) is 8.68. The minimum absolute atomic E-state index is 0.431. The average molecular weight is 267 g/mol. The fraction of sp³-hybridized carbons (Fsp3) is 0.462. The Kier molecular flexibility index (Phi) is 4.49. The lowest BCUT2D eigenvalue weighted by Crippen LogP contribution is -2.32. The summed E-state index contributed by atoms with van der Waals surface area (Å²) in [5, 5.41) is 8.72. The van der Waals surface area contributed by atoms with Gasteiger partial charge >= 0.3 is 5.97 Å². The van der Waals surface area contributed by atoms with Gasteiger partial charge in [0.05, 0.1) is 6.61 Å². The van der Waals surface area contributed by atoms with Gasteiger partial charge in [-0.15, -0.1) is 0 Å². The maximum absolute atomic E-state index is 10.6. The van der Waals surface area contributed by atoms with Gasteiger partial charge < -0.3 is 15.6 Å². The summed E-state index contributed by atoms with van der Waals surface area (Å²) in [4.78, 5) is 10.6. The van der Waals surface area contributed by atoms with E-state index in [0.717, 1.165) is 24.5 Å². The number of ether oxygens (including phenoxy) is 1. The Morgan fingerprint density at radius 3 is 3.11 bits per heavy atom. The Morgan fingerprint density at radius 2 is 2.33 bits per heavy atom. The lowest BCUT2D eigenvalue weighted by atomic mass is 9.95. The zero-order valence-corrected chi connectivity index (χ0v) is 10.9. The largest absolute Gasteiger partial charge is 0.493 e. The smallest absolute Gasteiger partial charge is 0.321 e. The second kappa shape index (κ2) is 6.11. The molecule has 1 aromatic rings. The van der Waals surface area contributed by atoms with Gasteiger partial charge in [0.15, 0.2) is 0 Å². The number of hydrogen-bond donors (Lipinski definition) is 2. The van der Waals surface area contributed by atoms with E-state index in [9.17, 15) is 4.79 Å². The Hall–Kier alpha value is -1.20. The van der Waals surface area contributed by atoms with E-state index in [4.69, 9.17) is 15.6 Å². The number of hydrogen-bond acceptors (Lipinski definition) is 4. The number of carbonyl (C=O) groups is 1. The molecule has 18 heavy (non-hydrogen) atoms. The van der Waals surface area contributed by atoms with Crippen molar-refractivity contribution in [3.8, 4) is 5.75 Å². The molecule has 3 N–H and O–H groups in total. The van der Waals surface area contributed by atoms with Crippen LogP contribution in [0.3, 0.4) is 0 Å². The first-order valence-corrected chi connectivity index (χ1v) is 7.12. The van der Waals surface area contributed by atoms with Gasteiger partial charge in [0.1, 0.15) is 11.8 Å². The molecule has 1 aliphatic heterocycles. The molecular formula is C13H17NO3S. The summed E-state index contributed by atoms with van der Waals surface area (Å²) in [7, 11) is 0. The molecule has 0 amide bonds. The highest BCUT2D eigenvalue weighted by Gasteiger charge is 2.21. The maximum Gasteiger partial charge on any atom is 0.321 e. The van der Waals surface area contributed by atoms with Crippen molar-refractivity contribution in [2.45, 2.75) is 18.4 Å². The van der Waals surface area contributed by atoms with Crippen LogP contribution in [0.25, 0.3) is 0 Å². The van der Waals surface area contributed by atoms with E-state index >= 15 is 0 Å². The standard InChI is InChI=1S/C13H17NO3S/c14-11(13(15)16)8-18-7-9-5-6-17-12-4-2-1-3-10(9)12/h1-4,9,11H,5-8,14H2,(H,15,16). The molecule has 0 saturated heterocycles. The minimum Gasteiger partial charge on any atom is -0.493 e. The van der Waals surface area contributed by atoms with Crippen molar-refractivity contribution >= 4 is 17.7 Å². The molecule has 2 atom stereocenters. The third-order valence-corrected chi connectivity index (χ3v) is 4.25. The molecule has 0 saturated carbocycles. The molecular weight excluding hydrogens is 250 g/mol. The van der Waals surface area contributed by atoms with Crippen LogP contribution >= 0.6 is 11.8 Å². The second-order valence-electron chi connectivity index (χ2n) is 4.35. The fourth-order valence-electron chi connectivity index (χ4n) is 2.00. The molecule has 1 heterocycles. The number of rotatable bonds is 5. The molecule has 0 spiro atoms. The highest BCUT2D eigenvalue weighted by molar-refractivity contribution is 7.99. The van der Waals surface area contributed by atoms with Crippen LogP contribution in [0.2, 0.25) is 0 Å². The predicted molar refractivity (Wildman–Crippen MR) is 72.2 cm³/mol. The third-order valence-electron chi connectivity index (χ3n) is 3.02. The number of nitrogens with two attached hydrogens (primary N) is 1. The van der Waals surface area contributed by atoms with E-state index in [2.05, 4.69) is 6.07 Å². The lowest BCUT2D eigenvalue weighted by molar-refractivity contribution is -0.137. The van der Waals surface area contributed by atoms with Gasteiger partial charge in [0, 0.05) is 11.5 Å². The topological polar surface area (TPSA) is 72.5 Å². The summed E-state index contributed by atoms with van der Waals surface area (Å²) in [6.45, 7) is 0.729. The molecule has 1 aromatic carbocycles. The number of aliphatic carboxylic acids is 1. The van der Waals surface area contributed by atoms with E-state index in [1.165, 1.54) is 5.56 Å². The number of carboxylic acids is 1. The number of thioether (sulfide) groups is 1. The molecule has 0 aliphatic carbocycles. The second-order valence-corrected chi connectivity index (χ2v) is 5.43. The summed E-state index contributed by atoms with van der Waals surface area (Å²) in [5.41, 5.74) is 6.70. The quantitative estimate of drug-likeness (QED) is 0.849. The van der Waals surface area contributed by atoms with Crippen molar-refractivity contribution in [3.05, 3.63) is 29.8 Å². The Labute approximate surface area is 111 Å². The molecule has 0 aromatic heterocycles. The number of fused-ring (bicyclic) bond motifs is 1. The summed E-state index contributed by atoms with van der Waals surface area (Å²) in [6, 6.07) is 7.26. The van der Waals surface area contributed by atoms with Gasteiger partial charge in [-0.25, -0.2) is 0 Å². The number of benzene rings is 1. The summed E-state index contributed by atoms with van der Waals surface area (Å²) >= 11 is 1.60. The monoisotopic (exact) mass is 267 g/mol. The maximum atomic E-state index is 10.6. The summed E-state index contributed by atoms with van der Waals surface area (Å²) in [6.07, 6.45) is 0.978. The van der Waals surface area contributed by atoms with Crippen LogP contribution in [0.5, 0.6) is 5.75 Å². The fourth-order valence-corrected chi connectivity index (χ4v) is 3.16. The summed E-state index contributed by atoms with van der Waals surface area (Å²) in [5.74, 6) is 1.80. The highest BCUT2D eigenvalue weighted by atomic mass is 32.2. The van der Waals surface area contributed by atoms with Crippen molar-refractivity contribution in [3.63, 3.8) is 0 Å². The van der Waals surface area contributed by atoms with Crippen LogP contribution in [-0.4, -0.2) is 35.2 Å². The van der Waals surface area contributed by atoms with E-state index < -0.39 is 12.0 Å². The predicted octanol–water partition coefficient (Wildman–Crippen LogP) is 1.70. The Balaban J connectivity index is 1.90.